The summed E-state index contributed by atoms with van der Waals surface area (Å²) in [5.41, 5.74) is -3.05. The normalized spacial score (nSPS) is 12.7. The van der Waals surface area contributed by atoms with Crippen LogP contribution < -0.4 is 11.1 Å². The highest BCUT2D eigenvalue weighted by Crippen LogP contribution is 2.47. The Kier molecular flexibility index (Phi) is 3.32. The molecule has 1 aromatic carbocycles. The fourth-order valence-electron chi connectivity index (χ4n) is 1.31. The van der Waals surface area contributed by atoms with E-state index in [1.165, 1.54) is 0 Å². The minimum Gasteiger partial charge on any atom is -0.398 e. The standard InChI is InChI=1S/C8H4F8N2/c9-7(10,11)3-1-2-4(17)5(8(12,13)14)6(3)18(15)16/h1-2H,17H2. The van der Waals surface area contributed by atoms with Gasteiger partial charge in [-0.2, -0.15) is 26.3 Å². The van der Waals surface area contributed by atoms with E-state index in [1.807, 2.05) is 0 Å². The zero-order chi connectivity index (χ0) is 14.3. The van der Waals surface area contributed by atoms with E-state index in [1.54, 1.807) is 0 Å². The van der Waals surface area contributed by atoms with Crippen LogP contribution in [0.25, 0.3) is 0 Å². The van der Waals surface area contributed by atoms with Gasteiger partial charge in [-0.1, -0.05) is 8.96 Å². The van der Waals surface area contributed by atoms with Gasteiger partial charge in [0, 0.05) is 5.69 Å². The molecule has 0 atom stereocenters. The van der Waals surface area contributed by atoms with E-state index in [9.17, 15) is 35.3 Å². The molecular formula is C8H4F8N2. The van der Waals surface area contributed by atoms with Crippen LogP contribution in [-0.4, -0.2) is 0 Å². The smallest absolute Gasteiger partial charge is 0.398 e. The number of hydrogen-bond donors (Lipinski definition) is 1. The number of nitrogens with two attached hydrogens (primary N) is 1. The van der Waals surface area contributed by atoms with Gasteiger partial charge >= 0.3 is 12.4 Å². The second-order valence-corrected chi connectivity index (χ2v) is 3.15. The first kappa shape index (κ1) is 14.3. The molecule has 0 aliphatic carbocycles. The maximum absolute atomic E-state index is 12.4. The molecule has 1 aromatic rings. The maximum Gasteiger partial charge on any atom is 0.420 e. The van der Waals surface area contributed by atoms with Crippen LogP contribution in [-0.2, 0) is 12.4 Å². The third-order valence-corrected chi connectivity index (χ3v) is 1.97. The van der Waals surface area contributed by atoms with Gasteiger partial charge in [0.2, 0.25) is 0 Å². The summed E-state index contributed by atoms with van der Waals surface area (Å²) in [7, 11) is 0. The summed E-state index contributed by atoms with van der Waals surface area (Å²) in [6.07, 6.45) is -10.8. The predicted molar refractivity (Wildman–Crippen MR) is 45.6 cm³/mol. The number of alkyl halides is 6. The molecule has 0 aromatic heterocycles. The second kappa shape index (κ2) is 4.18. The summed E-state index contributed by atoms with van der Waals surface area (Å²) in [5.74, 6) is 0. The van der Waals surface area contributed by atoms with Gasteiger partial charge in [0.05, 0.1) is 5.56 Å². The van der Waals surface area contributed by atoms with Crippen LogP contribution in [0.2, 0.25) is 0 Å². The monoisotopic (exact) mass is 280 g/mol. The third-order valence-electron chi connectivity index (χ3n) is 1.97. The summed E-state index contributed by atoms with van der Waals surface area (Å²) in [5, 5.41) is -2.25. The molecule has 2 nitrogen and oxygen atoms in total. The van der Waals surface area contributed by atoms with Gasteiger partial charge in [0.1, 0.15) is 11.3 Å². The van der Waals surface area contributed by atoms with E-state index in [4.69, 9.17) is 5.73 Å². The molecule has 0 aliphatic heterocycles. The quantitative estimate of drug-likeness (QED) is 0.480. The van der Waals surface area contributed by atoms with Crippen molar-refractivity contribution in [1.29, 1.82) is 0 Å². The number of anilines is 2. The Morgan fingerprint density at radius 3 is 1.72 bits per heavy atom. The SMILES string of the molecule is Nc1ccc(C(F)(F)F)c(N(F)F)c1C(F)(F)F. The third kappa shape index (κ3) is 2.57. The molecule has 2 N–H and O–H groups in total. The van der Waals surface area contributed by atoms with Crippen LogP contribution >= 0.6 is 0 Å². The molecule has 1 rings (SSSR count). The number of halogens is 8. The van der Waals surface area contributed by atoms with Gasteiger partial charge in [-0.3, -0.25) is 0 Å². The van der Waals surface area contributed by atoms with Gasteiger partial charge < -0.3 is 5.73 Å². The summed E-state index contributed by atoms with van der Waals surface area (Å²) in [6.45, 7) is 0. The Bertz CT molecular complexity index is 448. The molecule has 0 saturated heterocycles. The molecular weight excluding hydrogens is 276 g/mol. The Hall–Kier alpha value is -1.74. The van der Waals surface area contributed by atoms with Crippen molar-refractivity contribution < 1.29 is 35.3 Å². The van der Waals surface area contributed by atoms with Gasteiger partial charge in [-0.25, -0.2) is 0 Å². The van der Waals surface area contributed by atoms with E-state index < -0.39 is 40.2 Å². The van der Waals surface area contributed by atoms with Crippen LogP contribution in [0, 0.1) is 0 Å². The second-order valence-electron chi connectivity index (χ2n) is 3.15. The van der Waals surface area contributed by atoms with Crippen LogP contribution in [0.1, 0.15) is 11.1 Å². The topological polar surface area (TPSA) is 29.3 Å². The molecule has 10 heteroatoms. The van der Waals surface area contributed by atoms with E-state index in [0.717, 1.165) is 0 Å². The predicted octanol–water partition coefficient (Wildman–Crippen LogP) is 3.88. The Morgan fingerprint density at radius 1 is 0.889 bits per heavy atom. The number of rotatable bonds is 1. The lowest BCUT2D eigenvalue weighted by atomic mass is 10.0. The molecule has 0 heterocycles. The number of hydrogen-bond acceptors (Lipinski definition) is 2. The molecule has 0 fully saturated rings. The van der Waals surface area contributed by atoms with Crippen molar-refractivity contribution in [3.8, 4) is 0 Å². The summed E-state index contributed by atoms with van der Waals surface area (Å²) in [4.78, 5) is 0. The molecule has 0 spiro atoms. The van der Waals surface area contributed by atoms with Crippen LogP contribution in [0.5, 0.6) is 0 Å². The van der Waals surface area contributed by atoms with E-state index in [2.05, 4.69) is 0 Å². The van der Waals surface area contributed by atoms with Gasteiger partial charge in [0.15, 0.2) is 0 Å². The van der Waals surface area contributed by atoms with Crippen molar-refractivity contribution in [2.45, 2.75) is 12.4 Å². The van der Waals surface area contributed by atoms with Crippen LogP contribution in [0.15, 0.2) is 12.1 Å². The highest BCUT2D eigenvalue weighted by atomic mass is 19.4. The van der Waals surface area contributed by atoms with Crippen LogP contribution in [0.4, 0.5) is 46.7 Å². The first-order chi connectivity index (χ1) is 7.96. The van der Waals surface area contributed by atoms with Crippen LogP contribution in [0.3, 0.4) is 0 Å². The van der Waals surface area contributed by atoms with Gasteiger partial charge in [-0.05, 0) is 17.5 Å². The van der Waals surface area contributed by atoms with Crippen molar-refractivity contribution in [3.05, 3.63) is 23.3 Å². The average molecular weight is 280 g/mol. The van der Waals surface area contributed by atoms with Gasteiger partial charge in [-0.15, -0.1) is 0 Å². The minimum absolute atomic E-state index is 0.0616. The lowest BCUT2D eigenvalue weighted by Gasteiger charge is -2.19. The van der Waals surface area contributed by atoms with Crippen molar-refractivity contribution in [3.63, 3.8) is 0 Å². The summed E-state index contributed by atoms with van der Waals surface area (Å²) < 4.78 is 98.9. The molecule has 0 bridgehead atoms. The van der Waals surface area contributed by atoms with Crippen molar-refractivity contribution in [2.75, 3.05) is 11.1 Å². The van der Waals surface area contributed by atoms with Crippen molar-refractivity contribution in [2.24, 2.45) is 0 Å². The molecule has 0 unspecified atom stereocenters. The van der Waals surface area contributed by atoms with E-state index in [-0.39, 0.29) is 12.1 Å². The Labute approximate surface area is 94.5 Å². The molecule has 0 amide bonds. The Morgan fingerprint density at radius 2 is 1.39 bits per heavy atom. The first-order valence-electron chi connectivity index (χ1n) is 4.14. The number of nitrogen functional groups attached to an aromatic ring is 1. The average Bonchev–Trinajstić information content (AvgIpc) is 2.12. The number of benzene rings is 1. The molecule has 102 valence electrons. The lowest BCUT2D eigenvalue weighted by Crippen LogP contribution is -2.19. The highest BCUT2D eigenvalue weighted by Gasteiger charge is 2.45. The maximum atomic E-state index is 12.4. The van der Waals surface area contributed by atoms with Crippen molar-refractivity contribution >= 4 is 11.4 Å². The zero-order valence-corrected chi connectivity index (χ0v) is 8.20. The first-order valence-corrected chi connectivity index (χ1v) is 4.14. The van der Waals surface area contributed by atoms with Gasteiger partial charge in [0.25, 0.3) is 0 Å². The number of nitrogens with zero attached hydrogens (tertiary/aromatic N) is 1. The summed E-state index contributed by atoms with van der Waals surface area (Å²) in [6, 6.07) is 0.338. The molecule has 0 saturated carbocycles. The fourth-order valence-corrected chi connectivity index (χ4v) is 1.31. The Balaban J connectivity index is 3.70. The zero-order valence-electron chi connectivity index (χ0n) is 8.20. The molecule has 0 aliphatic rings. The molecule has 0 radical (unpaired) electrons. The minimum atomic E-state index is -5.43. The fraction of sp³-hybridized carbons (Fsp3) is 0.250. The molecule has 18 heavy (non-hydrogen) atoms. The van der Waals surface area contributed by atoms with Crippen molar-refractivity contribution in [1.82, 2.24) is 0 Å². The largest absolute Gasteiger partial charge is 0.420 e. The van der Waals surface area contributed by atoms with E-state index in [0.29, 0.717) is 0 Å². The summed E-state index contributed by atoms with van der Waals surface area (Å²) >= 11 is 0. The highest BCUT2D eigenvalue weighted by molar-refractivity contribution is 5.69. The lowest BCUT2D eigenvalue weighted by molar-refractivity contribution is -0.142. The van der Waals surface area contributed by atoms with E-state index >= 15 is 0 Å².